The summed E-state index contributed by atoms with van der Waals surface area (Å²) in [6, 6.07) is 15.8. The van der Waals surface area contributed by atoms with Gasteiger partial charge in [0.1, 0.15) is 6.04 Å². The quantitative estimate of drug-likeness (QED) is 0.693. The van der Waals surface area contributed by atoms with Crippen LogP contribution in [0.5, 0.6) is 0 Å². The van der Waals surface area contributed by atoms with Crippen molar-refractivity contribution < 1.29 is 9.90 Å². The molecule has 2 heterocycles. The first-order valence-corrected chi connectivity index (χ1v) is 8.34. The molecule has 1 aromatic heterocycles. The van der Waals surface area contributed by atoms with Crippen LogP contribution < -0.4 is 5.32 Å². The Morgan fingerprint density at radius 2 is 1.92 bits per heavy atom. The maximum Gasteiger partial charge on any atom is 0.321 e. The smallest absolute Gasteiger partial charge is 0.321 e. The third-order valence-corrected chi connectivity index (χ3v) is 4.93. The van der Waals surface area contributed by atoms with Crippen molar-refractivity contribution in [1.82, 2.24) is 10.3 Å². The minimum absolute atomic E-state index is 0.131. The van der Waals surface area contributed by atoms with Gasteiger partial charge in [0.05, 0.1) is 6.04 Å². The lowest BCUT2D eigenvalue weighted by atomic mass is 9.90. The van der Waals surface area contributed by atoms with E-state index in [1.54, 1.807) is 0 Å². The SMILES string of the molecule is CCc1ccc(C2NC(C(=O)O)Cc3c2[nH]c2ccccc32)cc1. The van der Waals surface area contributed by atoms with E-state index >= 15 is 0 Å². The van der Waals surface area contributed by atoms with Crippen LogP contribution in [-0.2, 0) is 17.6 Å². The third-order valence-electron chi connectivity index (χ3n) is 4.93. The zero-order valence-corrected chi connectivity index (χ0v) is 13.5. The van der Waals surface area contributed by atoms with Crippen LogP contribution in [0, 0.1) is 0 Å². The average Bonchev–Trinajstić information content (AvgIpc) is 2.99. The number of rotatable bonds is 3. The number of aliphatic carboxylic acids is 1. The van der Waals surface area contributed by atoms with Crippen molar-refractivity contribution in [2.24, 2.45) is 0 Å². The Morgan fingerprint density at radius 3 is 2.62 bits per heavy atom. The van der Waals surface area contributed by atoms with Gasteiger partial charge < -0.3 is 10.1 Å². The molecule has 1 aliphatic rings. The second kappa shape index (κ2) is 5.80. The monoisotopic (exact) mass is 320 g/mol. The normalized spacial score (nSPS) is 20.0. The fraction of sp³-hybridized carbons (Fsp3) is 0.250. The Morgan fingerprint density at radius 1 is 1.17 bits per heavy atom. The molecule has 4 rings (SSSR count). The Hall–Kier alpha value is -2.59. The highest BCUT2D eigenvalue weighted by atomic mass is 16.4. The summed E-state index contributed by atoms with van der Waals surface area (Å²) >= 11 is 0. The molecule has 122 valence electrons. The van der Waals surface area contributed by atoms with E-state index in [1.165, 1.54) is 5.56 Å². The molecule has 0 fully saturated rings. The van der Waals surface area contributed by atoms with Crippen LogP contribution in [0.1, 0.15) is 35.3 Å². The standard InChI is InChI=1S/C20H20N2O2/c1-2-12-7-9-13(10-8-12)18-19-15(11-17(22-18)20(23)24)14-5-3-4-6-16(14)21-19/h3-10,17-18,21-22H,2,11H2,1H3,(H,23,24). The molecule has 1 aliphatic heterocycles. The lowest BCUT2D eigenvalue weighted by Crippen LogP contribution is -2.44. The molecule has 2 aromatic carbocycles. The van der Waals surface area contributed by atoms with Gasteiger partial charge >= 0.3 is 5.97 Å². The van der Waals surface area contributed by atoms with E-state index in [9.17, 15) is 9.90 Å². The van der Waals surface area contributed by atoms with Gasteiger partial charge in [0.2, 0.25) is 0 Å². The van der Waals surface area contributed by atoms with Crippen molar-refractivity contribution >= 4 is 16.9 Å². The third kappa shape index (κ3) is 2.39. The molecule has 0 saturated carbocycles. The first-order chi connectivity index (χ1) is 11.7. The van der Waals surface area contributed by atoms with Gasteiger partial charge in [-0.3, -0.25) is 10.1 Å². The number of hydrogen-bond acceptors (Lipinski definition) is 2. The van der Waals surface area contributed by atoms with E-state index < -0.39 is 12.0 Å². The van der Waals surface area contributed by atoms with Crippen LogP contribution in [0.25, 0.3) is 10.9 Å². The first-order valence-electron chi connectivity index (χ1n) is 8.34. The van der Waals surface area contributed by atoms with E-state index in [0.29, 0.717) is 6.42 Å². The minimum atomic E-state index is -0.805. The Labute approximate surface area is 140 Å². The van der Waals surface area contributed by atoms with Crippen LogP contribution in [0.2, 0.25) is 0 Å². The van der Waals surface area contributed by atoms with Crippen molar-refractivity contribution in [3.05, 3.63) is 70.9 Å². The molecule has 0 amide bonds. The van der Waals surface area contributed by atoms with E-state index in [4.69, 9.17) is 0 Å². The van der Waals surface area contributed by atoms with E-state index in [-0.39, 0.29) is 6.04 Å². The molecule has 24 heavy (non-hydrogen) atoms. The summed E-state index contributed by atoms with van der Waals surface area (Å²) in [7, 11) is 0. The summed E-state index contributed by atoms with van der Waals surface area (Å²) in [5.74, 6) is -0.805. The number of nitrogens with one attached hydrogen (secondary N) is 2. The molecule has 0 spiro atoms. The summed E-state index contributed by atoms with van der Waals surface area (Å²) in [5, 5.41) is 14.0. The van der Waals surface area contributed by atoms with Gasteiger partial charge in [0, 0.05) is 23.0 Å². The highest BCUT2D eigenvalue weighted by molar-refractivity contribution is 5.87. The number of para-hydroxylation sites is 1. The van der Waals surface area contributed by atoms with Crippen molar-refractivity contribution in [3.8, 4) is 0 Å². The number of benzene rings is 2. The number of carboxylic acids is 1. The molecule has 2 atom stereocenters. The maximum absolute atomic E-state index is 11.6. The number of carboxylic acid groups (broad SMARTS) is 1. The highest BCUT2D eigenvalue weighted by Crippen LogP contribution is 2.35. The zero-order valence-electron chi connectivity index (χ0n) is 13.5. The number of H-pyrrole nitrogens is 1. The number of aryl methyl sites for hydroxylation is 1. The number of carbonyl (C=O) groups is 1. The lowest BCUT2D eigenvalue weighted by molar-refractivity contribution is -0.139. The Bertz CT molecular complexity index is 896. The number of aromatic amines is 1. The predicted molar refractivity (Wildman–Crippen MR) is 94.2 cm³/mol. The highest BCUT2D eigenvalue weighted by Gasteiger charge is 2.33. The van der Waals surface area contributed by atoms with Gasteiger partial charge in [-0.05, 0) is 29.2 Å². The van der Waals surface area contributed by atoms with Gasteiger partial charge in [-0.1, -0.05) is 49.4 Å². The van der Waals surface area contributed by atoms with E-state index in [0.717, 1.165) is 34.1 Å². The lowest BCUT2D eigenvalue weighted by Gasteiger charge is -2.29. The zero-order chi connectivity index (χ0) is 16.7. The number of fused-ring (bicyclic) bond motifs is 3. The minimum Gasteiger partial charge on any atom is -0.480 e. The second-order valence-electron chi connectivity index (χ2n) is 6.35. The molecule has 4 heteroatoms. The van der Waals surface area contributed by atoms with Crippen molar-refractivity contribution in [2.45, 2.75) is 31.8 Å². The summed E-state index contributed by atoms with van der Waals surface area (Å²) in [6.07, 6.45) is 1.49. The van der Waals surface area contributed by atoms with Crippen LogP contribution in [0.4, 0.5) is 0 Å². The van der Waals surface area contributed by atoms with Crippen molar-refractivity contribution in [1.29, 1.82) is 0 Å². The Kier molecular flexibility index (Phi) is 3.62. The molecule has 3 N–H and O–H groups in total. The van der Waals surface area contributed by atoms with Gasteiger partial charge in [-0.15, -0.1) is 0 Å². The second-order valence-corrected chi connectivity index (χ2v) is 6.35. The molecule has 2 unspecified atom stereocenters. The van der Waals surface area contributed by atoms with Crippen molar-refractivity contribution in [2.75, 3.05) is 0 Å². The molecule has 4 nitrogen and oxygen atoms in total. The van der Waals surface area contributed by atoms with Gasteiger partial charge in [-0.2, -0.15) is 0 Å². The summed E-state index contributed by atoms with van der Waals surface area (Å²) in [4.78, 5) is 15.1. The first kappa shape index (κ1) is 15.0. The van der Waals surface area contributed by atoms with Crippen LogP contribution in [0.3, 0.4) is 0 Å². The molecule has 3 aromatic rings. The molecular weight excluding hydrogens is 300 g/mol. The largest absolute Gasteiger partial charge is 0.480 e. The summed E-state index contributed by atoms with van der Waals surface area (Å²) in [5.41, 5.74) is 5.62. The van der Waals surface area contributed by atoms with Gasteiger partial charge in [0.15, 0.2) is 0 Å². The number of aromatic nitrogens is 1. The van der Waals surface area contributed by atoms with Gasteiger partial charge in [-0.25, -0.2) is 0 Å². The molecular formula is C20H20N2O2. The fourth-order valence-electron chi connectivity index (χ4n) is 3.60. The van der Waals surface area contributed by atoms with Crippen LogP contribution >= 0.6 is 0 Å². The molecule has 0 bridgehead atoms. The van der Waals surface area contributed by atoms with E-state index in [1.807, 2.05) is 18.2 Å². The van der Waals surface area contributed by atoms with Gasteiger partial charge in [0.25, 0.3) is 0 Å². The predicted octanol–water partition coefficient (Wildman–Crippen LogP) is 3.42. The van der Waals surface area contributed by atoms with Crippen molar-refractivity contribution in [3.63, 3.8) is 0 Å². The van der Waals surface area contributed by atoms with Crippen LogP contribution in [-0.4, -0.2) is 22.1 Å². The molecule has 0 saturated heterocycles. The van der Waals surface area contributed by atoms with Crippen LogP contribution in [0.15, 0.2) is 48.5 Å². The summed E-state index contributed by atoms with van der Waals surface area (Å²) < 4.78 is 0. The topological polar surface area (TPSA) is 65.1 Å². The summed E-state index contributed by atoms with van der Waals surface area (Å²) in [6.45, 7) is 2.13. The maximum atomic E-state index is 11.6. The molecule has 0 radical (unpaired) electrons. The van der Waals surface area contributed by atoms with E-state index in [2.05, 4.69) is 47.6 Å². The number of hydrogen-bond donors (Lipinski definition) is 3. The Balaban J connectivity index is 1.85. The average molecular weight is 320 g/mol. The fourth-order valence-corrected chi connectivity index (χ4v) is 3.60. The molecule has 0 aliphatic carbocycles.